The fraction of sp³-hybridized carbons (Fsp3) is 0.200. The Morgan fingerprint density at radius 1 is 1.29 bits per heavy atom. The van der Waals surface area contributed by atoms with Crippen LogP contribution in [0.1, 0.15) is 0 Å². The molecule has 0 radical (unpaired) electrons. The van der Waals surface area contributed by atoms with E-state index in [4.69, 9.17) is 9.84 Å². The van der Waals surface area contributed by atoms with Crippen molar-refractivity contribution in [2.45, 2.75) is 0 Å². The molecule has 0 saturated heterocycles. The summed E-state index contributed by atoms with van der Waals surface area (Å²) in [5.74, 6) is 1.26. The zero-order valence-electron chi connectivity index (χ0n) is 11.6. The van der Waals surface area contributed by atoms with Gasteiger partial charge in [-0.1, -0.05) is 6.07 Å². The quantitative estimate of drug-likeness (QED) is 0.668. The molecular weight excluding hydrogens is 268 g/mol. The third-order valence-electron chi connectivity index (χ3n) is 3.16. The Morgan fingerprint density at radius 3 is 3.00 bits per heavy atom. The van der Waals surface area contributed by atoms with Crippen LogP contribution in [0.15, 0.2) is 36.5 Å². The first-order chi connectivity index (χ1) is 10.3. The average molecular weight is 284 g/mol. The number of hydrogen-bond acceptors (Lipinski definition) is 5. The molecule has 0 aliphatic carbocycles. The Bertz CT molecular complexity index is 754. The van der Waals surface area contributed by atoms with Gasteiger partial charge in [0.1, 0.15) is 11.5 Å². The molecule has 21 heavy (non-hydrogen) atoms. The van der Waals surface area contributed by atoms with Gasteiger partial charge in [0.05, 0.1) is 19.4 Å². The van der Waals surface area contributed by atoms with E-state index in [9.17, 15) is 0 Å². The van der Waals surface area contributed by atoms with Crippen molar-refractivity contribution < 1.29 is 9.84 Å². The van der Waals surface area contributed by atoms with Crippen LogP contribution in [0.5, 0.6) is 5.88 Å². The summed E-state index contributed by atoms with van der Waals surface area (Å²) in [6.07, 6.45) is 1.84. The Balaban J connectivity index is 2.12. The Kier molecular flexibility index (Phi) is 3.70. The fourth-order valence-electron chi connectivity index (χ4n) is 2.20. The highest BCUT2D eigenvalue weighted by atomic mass is 16.5. The molecule has 0 spiro atoms. The van der Waals surface area contributed by atoms with Crippen molar-refractivity contribution in [2.24, 2.45) is 0 Å². The summed E-state index contributed by atoms with van der Waals surface area (Å²) < 4.78 is 5.18. The minimum absolute atomic E-state index is 0.0528. The second-order valence-corrected chi connectivity index (χ2v) is 4.51. The Labute approximate surface area is 121 Å². The molecule has 3 N–H and O–H groups in total. The lowest BCUT2D eigenvalue weighted by Gasteiger charge is -2.09. The van der Waals surface area contributed by atoms with Crippen molar-refractivity contribution in [3.05, 3.63) is 36.5 Å². The van der Waals surface area contributed by atoms with Crippen molar-refractivity contribution in [3.63, 3.8) is 0 Å². The van der Waals surface area contributed by atoms with E-state index < -0.39 is 0 Å². The van der Waals surface area contributed by atoms with Crippen LogP contribution in [-0.4, -0.2) is 40.3 Å². The maximum Gasteiger partial charge on any atom is 0.213 e. The molecule has 6 nitrogen and oxygen atoms in total. The summed E-state index contributed by atoms with van der Waals surface area (Å²) in [5, 5.41) is 13.0. The number of aliphatic hydroxyl groups excluding tert-OH is 1. The summed E-state index contributed by atoms with van der Waals surface area (Å²) in [6, 6.07) is 9.53. The molecule has 3 aromatic rings. The second-order valence-electron chi connectivity index (χ2n) is 4.51. The molecule has 0 bridgehead atoms. The number of rotatable bonds is 5. The number of nitrogens with zero attached hydrogens (tertiary/aromatic N) is 2. The zero-order chi connectivity index (χ0) is 14.7. The molecule has 0 atom stereocenters. The number of aromatic amines is 1. The average Bonchev–Trinajstić information content (AvgIpc) is 3.00. The predicted molar refractivity (Wildman–Crippen MR) is 81.5 cm³/mol. The highest BCUT2D eigenvalue weighted by Gasteiger charge is 2.10. The molecule has 3 heterocycles. The van der Waals surface area contributed by atoms with E-state index >= 15 is 0 Å². The number of anilines is 1. The van der Waals surface area contributed by atoms with Crippen LogP contribution in [0.4, 0.5) is 5.82 Å². The maximum atomic E-state index is 8.93. The van der Waals surface area contributed by atoms with Gasteiger partial charge < -0.3 is 20.1 Å². The SMILES string of the molecule is COc1cccc(-c2cc(NCCO)nc3[nH]ccc23)n1. The number of aromatic nitrogens is 3. The van der Waals surface area contributed by atoms with Gasteiger partial charge in [-0.3, -0.25) is 0 Å². The lowest BCUT2D eigenvalue weighted by atomic mass is 10.1. The van der Waals surface area contributed by atoms with Crippen molar-refractivity contribution in [1.82, 2.24) is 15.0 Å². The van der Waals surface area contributed by atoms with Crippen molar-refractivity contribution in [1.29, 1.82) is 0 Å². The molecule has 0 fully saturated rings. The number of hydrogen-bond donors (Lipinski definition) is 3. The zero-order valence-corrected chi connectivity index (χ0v) is 11.6. The first-order valence-corrected chi connectivity index (χ1v) is 6.66. The first-order valence-electron chi connectivity index (χ1n) is 6.66. The van der Waals surface area contributed by atoms with Crippen molar-refractivity contribution >= 4 is 16.9 Å². The summed E-state index contributed by atoms with van der Waals surface area (Å²) in [5.41, 5.74) is 2.55. The van der Waals surface area contributed by atoms with E-state index in [1.807, 2.05) is 36.5 Å². The molecule has 0 aromatic carbocycles. The van der Waals surface area contributed by atoms with Gasteiger partial charge in [0.15, 0.2) is 0 Å². The highest BCUT2D eigenvalue weighted by molar-refractivity contribution is 5.93. The number of aliphatic hydroxyl groups is 1. The number of fused-ring (bicyclic) bond motifs is 1. The molecule has 0 aliphatic heterocycles. The van der Waals surface area contributed by atoms with Crippen LogP contribution in [0.3, 0.4) is 0 Å². The van der Waals surface area contributed by atoms with Crippen LogP contribution >= 0.6 is 0 Å². The number of pyridine rings is 2. The topological polar surface area (TPSA) is 83.1 Å². The van der Waals surface area contributed by atoms with E-state index in [-0.39, 0.29) is 6.61 Å². The Hall–Kier alpha value is -2.60. The van der Waals surface area contributed by atoms with Gasteiger partial charge in [-0.2, -0.15) is 0 Å². The molecular formula is C15H16N4O2. The molecule has 108 valence electrons. The predicted octanol–water partition coefficient (Wildman–Crippen LogP) is 2.04. The molecule has 0 unspecified atom stereocenters. The summed E-state index contributed by atoms with van der Waals surface area (Å²) >= 11 is 0. The molecule has 3 aromatic heterocycles. The van der Waals surface area contributed by atoms with E-state index in [0.717, 1.165) is 22.3 Å². The molecule has 0 saturated carbocycles. The molecule has 0 aliphatic rings. The van der Waals surface area contributed by atoms with Crippen LogP contribution in [-0.2, 0) is 0 Å². The van der Waals surface area contributed by atoms with E-state index in [1.54, 1.807) is 7.11 Å². The minimum Gasteiger partial charge on any atom is -0.481 e. The van der Waals surface area contributed by atoms with E-state index in [2.05, 4.69) is 20.3 Å². The van der Waals surface area contributed by atoms with Gasteiger partial charge in [0, 0.05) is 29.8 Å². The molecule has 6 heteroatoms. The third kappa shape index (κ3) is 2.66. The fourth-order valence-corrected chi connectivity index (χ4v) is 2.20. The maximum absolute atomic E-state index is 8.93. The van der Waals surface area contributed by atoms with Gasteiger partial charge in [-0.15, -0.1) is 0 Å². The minimum atomic E-state index is 0.0528. The normalized spacial score (nSPS) is 10.8. The van der Waals surface area contributed by atoms with E-state index in [1.165, 1.54) is 0 Å². The number of methoxy groups -OCH3 is 1. The Morgan fingerprint density at radius 2 is 2.19 bits per heavy atom. The summed E-state index contributed by atoms with van der Waals surface area (Å²) in [6.45, 7) is 0.501. The van der Waals surface area contributed by atoms with Crippen LogP contribution in [0.25, 0.3) is 22.3 Å². The van der Waals surface area contributed by atoms with Gasteiger partial charge >= 0.3 is 0 Å². The van der Waals surface area contributed by atoms with Gasteiger partial charge in [-0.05, 0) is 18.2 Å². The van der Waals surface area contributed by atoms with Gasteiger partial charge in [0.2, 0.25) is 5.88 Å². The first kappa shape index (κ1) is 13.4. The number of H-pyrrole nitrogens is 1. The smallest absolute Gasteiger partial charge is 0.213 e. The van der Waals surface area contributed by atoms with Crippen molar-refractivity contribution in [3.8, 4) is 17.1 Å². The van der Waals surface area contributed by atoms with Gasteiger partial charge in [-0.25, -0.2) is 9.97 Å². The molecule has 3 rings (SSSR count). The largest absolute Gasteiger partial charge is 0.481 e. The summed E-state index contributed by atoms with van der Waals surface area (Å²) in [4.78, 5) is 12.0. The number of ether oxygens (including phenoxy) is 1. The summed E-state index contributed by atoms with van der Waals surface area (Å²) in [7, 11) is 1.60. The van der Waals surface area contributed by atoms with Gasteiger partial charge in [0.25, 0.3) is 0 Å². The lowest BCUT2D eigenvalue weighted by molar-refractivity contribution is 0.311. The van der Waals surface area contributed by atoms with E-state index in [0.29, 0.717) is 18.2 Å². The number of nitrogens with one attached hydrogen (secondary N) is 2. The lowest BCUT2D eigenvalue weighted by Crippen LogP contribution is -2.07. The van der Waals surface area contributed by atoms with Crippen LogP contribution < -0.4 is 10.1 Å². The second kappa shape index (κ2) is 5.80. The van der Waals surface area contributed by atoms with Crippen LogP contribution in [0.2, 0.25) is 0 Å². The monoisotopic (exact) mass is 284 g/mol. The van der Waals surface area contributed by atoms with Crippen LogP contribution in [0, 0.1) is 0 Å². The highest BCUT2D eigenvalue weighted by Crippen LogP contribution is 2.29. The molecule has 0 amide bonds. The standard InChI is InChI=1S/C15H16N4O2/c1-21-14-4-2-3-12(18-14)11-9-13(16-7-8-20)19-15-10(11)5-6-17-15/h2-6,9,20H,7-8H2,1H3,(H2,16,17,19). The van der Waals surface area contributed by atoms with Crippen molar-refractivity contribution in [2.75, 3.05) is 25.6 Å². The third-order valence-corrected chi connectivity index (χ3v) is 3.16.